The summed E-state index contributed by atoms with van der Waals surface area (Å²) in [6.07, 6.45) is 4.56. The first kappa shape index (κ1) is 17.6. The first-order chi connectivity index (χ1) is 13.5. The normalized spacial score (nSPS) is 11.9. The first-order valence-electron chi connectivity index (χ1n) is 7.97. The smallest absolute Gasteiger partial charge is 0.185 e. The molecule has 0 bridgehead atoms. The van der Waals surface area contributed by atoms with Crippen LogP contribution >= 0.6 is 11.5 Å². The molecule has 3 aromatic heterocycles. The Hall–Kier alpha value is -3.80. The zero-order chi connectivity index (χ0) is 19.7. The van der Waals surface area contributed by atoms with Crippen molar-refractivity contribution in [3.05, 3.63) is 36.4 Å². The van der Waals surface area contributed by atoms with Crippen LogP contribution in [0.3, 0.4) is 0 Å². The summed E-state index contributed by atoms with van der Waals surface area (Å²) in [6, 6.07) is 3.06. The summed E-state index contributed by atoms with van der Waals surface area (Å²) in [5.41, 5.74) is 1.66. The molecule has 0 atom stereocenters. The third-order valence-electron chi connectivity index (χ3n) is 3.90. The molecule has 2 N–H and O–H groups in total. The quantitative estimate of drug-likeness (QED) is 0.490. The molecule has 0 aliphatic heterocycles. The van der Waals surface area contributed by atoms with Crippen LogP contribution in [0.5, 0.6) is 11.5 Å². The second-order valence-electron chi connectivity index (χ2n) is 5.69. The number of hydrogen-bond donors (Lipinski definition) is 2. The van der Waals surface area contributed by atoms with E-state index >= 15 is 0 Å². The highest BCUT2D eigenvalue weighted by atomic mass is 32.1. The molecule has 12 heteroatoms. The summed E-state index contributed by atoms with van der Waals surface area (Å²) in [4.78, 5) is 8.03. The van der Waals surface area contributed by atoms with E-state index in [1.54, 1.807) is 32.4 Å². The molecule has 0 radical (unpaired) electrons. The number of phenolic OH excluding ortho intramolecular Hbond substituents is 2. The molecule has 0 saturated carbocycles. The average molecular weight is 395 g/mol. The molecule has 11 nitrogen and oxygen atoms in total. The summed E-state index contributed by atoms with van der Waals surface area (Å²) in [5.74, 6) is 0.103. The molecular weight excluding hydrogens is 382 g/mol. The van der Waals surface area contributed by atoms with Crippen molar-refractivity contribution >= 4 is 44.8 Å². The molecule has 4 aromatic rings. The molecule has 4 rings (SSSR count). The number of nitrogens with zero attached hydrogens (tertiary/aromatic N) is 9. The lowest BCUT2D eigenvalue weighted by Crippen LogP contribution is -1.87. The van der Waals surface area contributed by atoms with E-state index in [1.165, 1.54) is 17.1 Å². The number of aromatic nitrogens is 5. The number of aromatic hydroxyl groups is 2. The summed E-state index contributed by atoms with van der Waals surface area (Å²) in [5, 5.41) is 41.3. The molecule has 0 aliphatic rings. The van der Waals surface area contributed by atoms with Gasteiger partial charge in [0.2, 0.25) is 0 Å². The van der Waals surface area contributed by atoms with E-state index in [1.807, 2.05) is 0 Å². The predicted molar refractivity (Wildman–Crippen MR) is 101 cm³/mol. The Morgan fingerprint density at radius 3 is 2.54 bits per heavy atom. The standard InChI is InChI=1S/C16H13N9O2S/c1-8-14(26)9(20-22-12-3-4-19-25(12)2)5-10(15(8)27)21-23-16-13-11(24-28-16)6-17-7-18-13/h3-7,26-27H,1-2H3/b22-20+,23-21+. The monoisotopic (exact) mass is 395 g/mol. The molecule has 0 amide bonds. The minimum Gasteiger partial charge on any atom is -0.505 e. The van der Waals surface area contributed by atoms with Crippen LogP contribution in [0.2, 0.25) is 0 Å². The summed E-state index contributed by atoms with van der Waals surface area (Å²) in [6.45, 7) is 1.54. The van der Waals surface area contributed by atoms with Crippen LogP contribution in [-0.4, -0.2) is 34.3 Å². The van der Waals surface area contributed by atoms with Crippen molar-refractivity contribution in [2.24, 2.45) is 27.5 Å². The molecule has 0 saturated heterocycles. The van der Waals surface area contributed by atoms with Gasteiger partial charge in [-0.25, -0.2) is 14.6 Å². The summed E-state index contributed by atoms with van der Waals surface area (Å²) in [7, 11) is 1.72. The lowest BCUT2D eigenvalue weighted by Gasteiger charge is -2.07. The van der Waals surface area contributed by atoms with Crippen LogP contribution in [0.15, 0.2) is 51.3 Å². The number of phenols is 2. The zero-order valence-corrected chi connectivity index (χ0v) is 15.5. The van der Waals surface area contributed by atoms with Crippen molar-refractivity contribution < 1.29 is 10.2 Å². The third kappa shape index (κ3) is 3.16. The van der Waals surface area contributed by atoms with Crippen LogP contribution < -0.4 is 0 Å². The molecule has 0 aliphatic carbocycles. The Balaban J connectivity index is 1.72. The van der Waals surface area contributed by atoms with E-state index in [0.29, 0.717) is 21.9 Å². The molecular formula is C16H13N9O2S. The molecule has 1 aromatic carbocycles. The van der Waals surface area contributed by atoms with Crippen molar-refractivity contribution in [2.75, 3.05) is 0 Å². The maximum Gasteiger partial charge on any atom is 0.185 e. The van der Waals surface area contributed by atoms with Gasteiger partial charge in [-0.1, -0.05) is 0 Å². The summed E-state index contributed by atoms with van der Waals surface area (Å²) >= 11 is 1.11. The van der Waals surface area contributed by atoms with Gasteiger partial charge in [-0.3, -0.25) is 0 Å². The van der Waals surface area contributed by atoms with E-state index < -0.39 is 0 Å². The van der Waals surface area contributed by atoms with E-state index in [0.717, 1.165) is 11.5 Å². The second-order valence-corrected chi connectivity index (χ2v) is 6.45. The molecule has 28 heavy (non-hydrogen) atoms. The van der Waals surface area contributed by atoms with Crippen molar-refractivity contribution in [3.63, 3.8) is 0 Å². The van der Waals surface area contributed by atoms with Crippen molar-refractivity contribution in [3.8, 4) is 11.5 Å². The van der Waals surface area contributed by atoms with Crippen LogP contribution in [0.1, 0.15) is 5.56 Å². The topological polar surface area (TPSA) is 146 Å². The number of fused-ring (bicyclic) bond motifs is 1. The molecule has 0 fully saturated rings. The van der Waals surface area contributed by atoms with E-state index in [9.17, 15) is 10.2 Å². The van der Waals surface area contributed by atoms with E-state index in [4.69, 9.17) is 0 Å². The van der Waals surface area contributed by atoms with Crippen molar-refractivity contribution in [1.82, 2.24) is 24.1 Å². The van der Waals surface area contributed by atoms with Gasteiger partial charge in [0.05, 0.1) is 12.4 Å². The number of benzene rings is 1. The highest BCUT2D eigenvalue weighted by molar-refractivity contribution is 7.11. The fourth-order valence-corrected chi connectivity index (χ4v) is 2.98. The highest BCUT2D eigenvalue weighted by Crippen LogP contribution is 2.44. The third-order valence-corrected chi connectivity index (χ3v) is 4.63. The number of azo groups is 2. The van der Waals surface area contributed by atoms with Gasteiger partial charge < -0.3 is 10.2 Å². The zero-order valence-electron chi connectivity index (χ0n) is 14.7. The fraction of sp³-hybridized carbons (Fsp3) is 0.125. The first-order valence-corrected chi connectivity index (χ1v) is 8.74. The van der Waals surface area contributed by atoms with Gasteiger partial charge in [0.1, 0.15) is 40.2 Å². The van der Waals surface area contributed by atoms with Crippen LogP contribution in [0.4, 0.5) is 22.2 Å². The van der Waals surface area contributed by atoms with Gasteiger partial charge >= 0.3 is 0 Å². The maximum atomic E-state index is 10.3. The van der Waals surface area contributed by atoms with Gasteiger partial charge in [-0.2, -0.15) is 9.47 Å². The number of aryl methyl sites for hydroxylation is 1. The van der Waals surface area contributed by atoms with Crippen molar-refractivity contribution in [2.45, 2.75) is 6.92 Å². The van der Waals surface area contributed by atoms with Gasteiger partial charge in [0, 0.05) is 24.7 Å². The van der Waals surface area contributed by atoms with Crippen molar-refractivity contribution in [1.29, 1.82) is 0 Å². The van der Waals surface area contributed by atoms with Gasteiger partial charge in [-0.05, 0) is 18.5 Å². The Bertz CT molecular complexity index is 1230. The molecule has 3 heterocycles. The minimum absolute atomic E-state index is 0.130. The number of hydrogen-bond acceptors (Lipinski definition) is 11. The Morgan fingerprint density at radius 1 is 1.07 bits per heavy atom. The maximum absolute atomic E-state index is 10.3. The Labute approximate surface area is 161 Å². The minimum atomic E-state index is -0.204. The molecule has 140 valence electrons. The lowest BCUT2D eigenvalue weighted by atomic mass is 10.1. The van der Waals surface area contributed by atoms with Gasteiger partial charge in [0.25, 0.3) is 0 Å². The highest BCUT2D eigenvalue weighted by Gasteiger charge is 2.15. The lowest BCUT2D eigenvalue weighted by molar-refractivity contribution is 0.444. The Morgan fingerprint density at radius 2 is 1.82 bits per heavy atom. The Kier molecular flexibility index (Phi) is 4.45. The fourth-order valence-electron chi connectivity index (χ4n) is 2.34. The molecule has 0 spiro atoms. The SMILES string of the molecule is Cc1c(O)c(/N=N/c2snc3cncnc23)cc(/N=N/c2ccnn2C)c1O. The largest absolute Gasteiger partial charge is 0.505 e. The summed E-state index contributed by atoms with van der Waals surface area (Å²) < 4.78 is 5.72. The van der Waals surface area contributed by atoms with Crippen LogP contribution in [0, 0.1) is 6.92 Å². The van der Waals surface area contributed by atoms with Crippen LogP contribution in [-0.2, 0) is 7.05 Å². The van der Waals surface area contributed by atoms with E-state index in [-0.39, 0.29) is 28.4 Å². The average Bonchev–Trinajstić information content (AvgIpc) is 3.31. The van der Waals surface area contributed by atoms with Gasteiger partial charge in [-0.15, -0.1) is 20.5 Å². The second kappa shape index (κ2) is 7.08. The molecule has 0 unspecified atom stereocenters. The van der Waals surface area contributed by atoms with Gasteiger partial charge in [0.15, 0.2) is 10.8 Å². The van der Waals surface area contributed by atoms with E-state index in [2.05, 4.69) is 39.9 Å². The van der Waals surface area contributed by atoms with Crippen LogP contribution in [0.25, 0.3) is 11.0 Å². The predicted octanol–water partition coefficient (Wildman–Crippen LogP) is 4.37. The number of rotatable bonds is 4.